The van der Waals surface area contributed by atoms with Crippen molar-refractivity contribution in [1.29, 1.82) is 0 Å². The number of anilines is 1. The zero-order chi connectivity index (χ0) is 22.9. The molecule has 9 heteroatoms. The summed E-state index contributed by atoms with van der Waals surface area (Å²) in [6, 6.07) is 14.2. The van der Waals surface area contributed by atoms with Gasteiger partial charge in [-0.2, -0.15) is 0 Å². The molecule has 168 valence electrons. The number of nitrogens with zero attached hydrogens (tertiary/aromatic N) is 1. The maximum Gasteiger partial charge on any atom is 0.272 e. The van der Waals surface area contributed by atoms with E-state index in [-0.39, 0.29) is 21.2 Å². The number of nitrogens with one attached hydrogen (secondary N) is 1. The van der Waals surface area contributed by atoms with E-state index in [9.17, 15) is 13.2 Å². The normalized spacial score (nSPS) is 16.2. The van der Waals surface area contributed by atoms with Crippen molar-refractivity contribution in [3.63, 3.8) is 0 Å². The molecule has 4 rings (SSSR count). The zero-order valence-corrected chi connectivity index (χ0v) is 20.1. The number of carbonyl (C=O) groups is 1. The first-order chi connectivity index (χ1) is 15.2. The van der Waals surface area contributed by atoms with Crippen LogP contribution in [0.15, 0.2) is 58.1 Å². The molecule has 0 aliphatic carbocycles. The summed E-state index contributed by atoms with van der Waals surface area (Å²) < 4.78 is 33.8. The second kappa shape index (κ2) is 9.13. The highest BCUT2D eigenvalue weighted by atomic mass is 35.5. The molecule has 32 heavy (non-hydrogen) atoms. The number of hydrogen-bond donors (Lipinski definition) is 1. The molecule has 1 fully saturated rings. The molecule has 1 atom stereocenters. The van der Waals surface area contributed by atoms with Crippen LogP contribution < -0.4 is 9.46 Å². The SMILES string of the molecule is Cc1cccc(C)c1C(=O)N1CC[C@H](Oc2cccc(NS(=O)(=O)c3sccc3Cl)c2)C1. The highest BCUT2D eigenvalue weighted by molar-refractivity contribution is 7.94. The van der Waals surface area contributed by atoms with Gasteiger partial charge >= 0.3 is 0 Å². The van der Waals surface area contributed by atoms with Gasteiger partial charge in [0, 0.05) is 24.6 Å². The Bertz CT molecular complexity index is 1240. The highest BCUT2D eigenvalue weighted by Crippen LogP contribution is 2.30. The van der Waals surface area contributed by atoms with Gasteiger partial charge in [-0.25, -0.2) is 8.42 Å². The van der Waals surface area contributed by atoms with Crippen LogP contribution in [0.5, 0.6) is 5.75 Å². The average Bonchev–Trinajstić information content (AvgIpc) is 3.37. The number of rotatable bonds is 6. The molecule has 1 aromatic heterocycles. The summed E-state index contributed by atoms with van der Waals surface area (Å²) in [5.74, 6) is 0.551. The second-order valence-electron chi connectivity index (χ2n) is 7.74. The highest BCUT2D eigenvalue weighted by Gasteiger charge is 2.29. The predicted molar refractivity (Wildman–Crippen MR) is 127 cm³/mol. The van der Waals surface area contributed by atoms with Gasteiger partial charge in [0.1, 0.15) is 11.9 Å². The van der Waals surface area contributed by atoms with E-state index >= 15 is 0 Å². The van der Waals surface area contributed by atoms with Gasteiger partial charge in [-0.1, -0.05) is 35.9 Å². The summed E-state index contributed by atoms with van der Waals surface area (Å²) in [5, 5.41) is 1.82. The van der Waals surface area contributed by atoms with Crippen molar-refractivity contribution in [3.8, 4) is 5.75 Å². The monoisotopic (exact) mass is 490 g/mol. The second-order valence-corrected chi connectivity index (χ2v) is 10.9. The first kappa shape index (κ1) is 22.6. The lowest BCUT2D eigenvalue weighted by atomic mass is 10.0. The molecular formula is C23H23ClN2O4S2. The summed E-state index contributed by atoms with van der Waals surface area (Å²) in [6.45, 7) is 4.98. The van der Waals surface area contributed by atoms with E-state index in [1.165, 1.54) is 0 Å². The third kappa shape index (κ3) is 4.77. The van der Waals surface area contributed by atoms with Crippen LogP contribution in [0, 0.1) is 13.8 Å². The van der Waals surface area contributed by atoms with Gasteiger partial charge in [0.15, 0.2) is 4.21 Å². The molecule has 0 unspecified atom stereocenters. The van der Waals surface area contributed by atoms with Crippen molar-refractivity contribution in [2.24, 2.45) is 0 Å². The topological polar surface area (TPSA) is 75.7 Å². The average molecular weight is 491 g/mol. The van der Waals surface area contributed by atoms with Crippen LogP contribution in [0.1, 0.15) is 27.9 Å². The number of hydrogen-bond acceptors (Lipinski definition) is 5. The molecule has 1 aliphatic rings. The van der Waals surface area contributed by atoms with Gasteiger partial charge in [-0.05, 0) is 48.6 Å². The molecular weight excluding hydrogens is 468 g/mol. The number of ether oxygens (including phenoxy) is 1. The summed E-state index contributed by atoms with van der Waals surface area (Å²) in [6.07, 6.45) is 0.541. The molecule has 1 amide bonds. The van der Waals surface area contributed by atoms with Gasteiger partial charge in [0.2, 0.25) is 0 Å². The Morgan fingerprint density at radius 3 is 2.56 bits per heavy atom. The lowest BCUT2D eigenvalue weighted by Gasteiger charge is -2.20. The van der Waals surface area contributed by atoms with Crippen molar-refractivity contribution < 1.29 is 17.9 Å². The minimum absolute atomic E-state index is 0.0148. The molecule has 0 spiro atoms. The van der Waals surface area contributed by atoms with E-state index in [1.807, 2.05) is 36.9 Å². The number of thiophene rings is 1. The van der Waals surface area contributed by atoms with Gasteiger partial charge in [0.05, 0.1) is 17.3 Å². The molecule has 6 nitrogen and oxygen atoms in total. The Morgan fingerprint density at radius 2 is 1.88 bits per heavy atom. The number of carbonyl (C=O) groups excluding carboxylic acids is 1. The van der Waals surface area contributed by atoms with Crippen molar-refractivity contribution in [2.45, 2.75) is 30.6 Å². The van der Waals surface area contributed by atoms with E-state index < -0.39 is 10.0 Å². The van der Waals surface area contributed by atoms with E-state index in [0.717, 1.165) is 28.0 Å². The van der Waals surface area contributed by atoms with E-state index in [1.54, 1.807) is 35.7 Å². The van der Waals surface area contributed by atoms with Crippen molar-refractivity contribution in [1.82, 2.24) is 4.90 Å². The van der Waals surface area contributed by atoms with Crippen molar-refractivity contribution >= 4 is 44.6 Å². The number of halogens is 1. The maximum absolute atomic E-state index is 13.0. The lowest BCUT2D eigenvalue weighted by Crippen LogP contribution is -2.31. The van der Waals surface area contributed by atoms with Crippen LogP contribution in [0.3, 0.4) is 0 Å². The largest absolute Gasteiger partial charge is 0.488 e. The fourth-order valence-electron chi connectivity index (χ4n) is 3.82. The Balaban J connectivity index is 1.43. The minimum Gasteiger partial charge on any atom is -0.488 e. The first-order valence-corrected chi connectivity index (χ1v) is 12.9. The standard InChI is InChI=1S/C23H23ClN2O4S2/c1-15-5-3-6-16(2)21(15)22(27)26-11-9-19(14-26)30-18-8-4-7-17(13-18)25-32(28,29)23-20(24)10-12-31-23/h3-8,10,12-13,19,25H,9,11,14H2,1-2H3/t19-/m0/s1. The van der Waals surface area contributed by atoms with Gasteiger partial charge in [0.25, 0.3) is 15.9 Å². The fraction of sp³-hybridized carbons (Fsp3) is 0.261. The van der Waals surface area contributed by atoms with E-state index in [2.05, 4.69) is 4.72 Å². The van der Waals surface area contributed by atoms with Crippen LogP contribution in [-0.4, -0.2) is 38.4 Å². The Kier molecular flexibility index (Phi) is 6.46. The van der Waals surface area contributed by atoms with Crippen LogP contribution in [0.2, 0.25) is 5.02 Å². The molecule has 1 aliphatic heterocycles. The van der Waals surface area contributed by atoms with E-state index in [0.29, 0.717) is 30.9 Å². The summed E-state index contributed by atoms with van der Waals surface area (Å²) in [7, 11) is -3.78. The summed E-state index contributed by atoms with van der Waals surface area (Å²) >= 11 is 7.03. The van der Waals surface area contributed by atoms with Gasteiger partial charge < -0.3 is 9.64 Å². The maximum atomic E-state index is 13.0. The Hall–Kier alpha value is -2.55. The third-order valence-corrected chi connectivity index (χ3v) is 8.75. The molecule has 2 aromatic carbocycles. The Labute approximate surface area is 196 Å². The molecule has 1 N–H and O–H groups in total. The molecule has 0 saturated carbocycles. The van der Waals surface area contributed by atoms with Crippen LogP contribution >= 0.6 is 22.9 Å². The molecule has 0 bridgehead atoms. The first-order valence-electron chi connectivity index (χ1n) is 10.1. The number of amides is 1. The summed E-state index contributed by atoms with van der Waals surface area (Å²) in [4.78, 5) is 14.8. The van der Waals surface area contributed by atoms with E-state index in [4.69, 9.17) is 16.3 Å². The van der Waals surface area contributed by atoms with Gasteiger partial charge in [-0.15, -0.1) is 11.3 Å². The molecule has 3 aromatic rings. The predicted octanol–water partition coefficient (Wildman–Crippen LogP) is 5.11. The lowest BCUT2D eigenvalue weighted by molar-refractivity contribution is 0.0771. The Morgan fingerprint density at radius 1 is 1.16 bits per heavy atom. The summed E-state index contributed by atoms with van der Waals surface area (Å²) in [5.41, 5.74) is 3.06. The quantitative estimate of drug-likeness (QED) is 0.520. The molecule has 1 saturated heterocycles. The molecule has 2 heterocycles. The fourth-order valence-corrected chi connectivity index (χ4v) is 6.55. The zero-order valence-electron chi connectivity index (χ0n) is 17.7. The number of sulfonamides is 1. The number of aryl methyl sites for hydroxylation is 2. The molecule has 0 radical (unpaired) electrons. The third-order valence-electron chi connectivity index (χ3n) is 5.34. The van der Waals surface area contributed by atoms with Crippen molar-refractivity contribution in [2.75, 3.05) is 17.8 Å². The van der Waals surface area contributed by atoms with Crippen LogP contribution in [0.25, 0.3) is 0 Å². The van der Waals surface area contributed by atoms with Crippen LogP contribution in [-0.2, 0) is 10.0 Å². The number of likely N-dealkylation sites (tertiary alicyclic amines) is 1. The van der Waals surface area contributed by atoms with Crippen molar-refractivity contribution in [3.05, 3.63) is 75.6 Å². The minimum atomic E-state index is -3.78. The number of benzene rings is 2. The van der Waals surface area contributed by atoms with Gasteiger partial charge in [-0.3, -0.25) is 9.52 Å². The van der Waals surface area contributed by atoms with Crippen LogP contribution in [0.4, 0.5) is 5.69 Å². The smallest absolute Gasteiger partial charge is 0.272 e.